The van der Waals surface area contributed by atoms with E-state index in [1.165, 1.54) is 22.3 Å². The number of nitrogens with zero attached hydrogens (tertiary/aromatic N) is 3. The number of ether oxygens (including phenoxy) is 1. The third-order valence-corrected chi connectivity index (χ3v) is 6.83. The molecular weight excluding hydrogens is 426 g/mol. The normalized spacial score (nSPS) is 19.1. The fraction of sp³-hybridized carbons (Fsp3) is 0.370. The molecule has 0 radical (unpaired) electrons. The highest BCUT2D eigenvalue weighted by Gasteiger charge is 2.29. The number of benzene rings is 2. The molecule has 2 aromatic carbocycles. The van der Waals surface area contributed by atoms with E-state index in [2.05, 4.69) is 57.0 Å². The Morgan fingerprint density at radius 2 is 1.56 bits per heavy atom. The molecule has 0 aliphatic heterocycles. The Hall–Kier alpha value is -3.61. The van der Waals surface area contributed by atoms with Crippen LogP contribution in [0.25, 0.3) is 11.1 Å². The monoisotopic (exact) mass is 457 g/mol. The molecule has 7 heteroatoms. The van der Waals surface area contributed by atoms with Crippen molar-refractivity contribution in [2.45, 2.75) is 43.7 Å². The number of carbonyl (C=O) groups excluding carboxylic acids is 1. The van der Waals surface area contributed by atoms with E-state index in [1.54, 1.807) is 6.20 Å². The molecule has 176 valence electrons. The Kier molecular flexibility index (Phi) is 6.34. The highest BCUT2D eigenvalue weighted by molar-refractivity contribution is 5.79. The molecular formula is C27H31N5O2. The lowest BCUT2D eigenvalue weighted by Gasteiger charge is -2.29. The number of rotatable bonds is 6. The average Bonchev–Trinajstić information content (AvgIpc) is 3.18. The van der Waals surface area contributed by atoms with Gasteiger partial charge in [-0.3, -0.25) is 0 Å². The average molecular weight is 458 g/mol. The van der Waals surface area contributed by atoms with Gasteiger partial charge in [0.1, 0.15) is 12.4 Å². The molecule has 7 nitrogen and oxygen atoms in total. The van der Waals surface area contributed by atoms with E-state index >= 15 is 0 Å². The first-order chi connectivity index (χ1) is 16.6. The minimum atomic E-state index is -0.333. The van der Waals surface area contributed by atoms with Crippen molar-refractivity contribution >= 4 is 17.9 Å². The topological polar surface area (TPSA) is 79.4 Å². The minimum absolute atomic E-state index is 0.0796. The number of hydrogen-bond donors (Lipinski definition) is 2. The molecule has 0 saturated heterocycles. The number of carbonyl (C=O) groups is 1. The van der Waals surface area contributed by atoms with Gasteiger partial charge in [0.15, 0.2) is 0 Å². The van der Waals surface area contributed by atoms with Crippen molar-refractivity contribution in [1.29, 1.82) is 0 Å². The van der Waals surface area contributed by atoms with Crippen molar-refractivity contribution in [3.05, 3.63) is 71.9 Å². The fourth-order valence-corrected chi connectivity index (χ4v) is 5.04. The maximum Gasteiger partial charge on any atom is 0.407 e. The number of fused-ring (bicyclic) bond motifs is 3. The van der Waals surface area contributed by atoms with Crippen LogP contribution < -0.4 is 15.5 Å². The number of nitrogens with one attached hydrogen (secondary N) is 2. The number of amides is 1. The molecule has 0 spiro atoms. The first kappa shape index (κ1) is 22.2. The summed E-state index contributed by atoms with van der Waals surface area (Å²) >= 11 is 0. The van der Waals surface area contributed by atoms with Crippen LogP contribution in [-0.4, -0.2) is 48.8 Å². The van der Waals surface area contributed by atoms with Gasteiger partial charge in [-0.05, 0) is 54.0 Å². The zero-order valence-electron chi connectivity index (χ0n) is 19.7. The molecule has 1 fully saturated rings. The van der Waals surface area contributed by atoms with E-state index in [4.69, 9.17) is 4.74 Å². The lowest BCUT2D eigenvalue weighted by molar-refractivity contribution is 0.136. The van der Waals surface area contributed by atoms with E-state index in [9.17, 15) is 4.79 Å². The fourth-order valence-electron chi connectivity index (χ4n) is 5.04. The van der Waals surface area contributed by atoms with Crippen molar-refractivity contribution in [3.8, 4) is 11.1 Å². The standard InChI is InChI=1S/C27H31N5O2/c1-32(2)25-15-16-28-26(31-25)29-18-11-13-19(14-12-18)30-27(33)34-17-24-22-9-5-3-7-20(22)21-8-4-6-10-23(21)24/h3-10,15-16,18-19,24H,11-14,17H2,1-2H3,(H,30,33)(H,28,29,31). The Morgan fingerprint density at radius 3 is 2.21 bits per heavy atom. The molecule has 0 unspecified atom stereocenters. The molecule has 1 amide bonds. The summed E-state index contributed by atoms with van der Waals surface area (Å²) in [4.78, 5) is 23.4. The van der Waals surface area contributed by atoms with Crippen LogP contribution >= 0.6 is 0 Å². The zero-order chi connectivity index (χ0) is 23.5. The number of anilines is 2. The van der Waals surface area contributed by atoms with Gasteiger partial charge < -0.3 is 20.3 Å². The van der Waals surface area contributed by atoms with Crippen LogP contribution in [0.4, 0.5) is 16.6 Å². The van der Waals surface area contributed by atoms with Crippen molar-refractivity contribution in [1.82, 2.24) is 15.3 Å². The van der Waals surface area contributed by atoms with Crippen molar-refractivity contribution in [2.75, 3.05) is 30.9 Å². The van der Waals surface area contributed by atoms with Crippen molar-refractivity contribution < 1.29 is 9.53 Å². The molecule has 3 aromatic rings. The van der Waals surface area contributed by atoms with Gasteiger partial charge in [-0.1, -0.05) is 48.5 Å². The SMILES string of the molecule is CN(C)c1ccnc(NC2CCC(NC(=O)OCC3c4ccccc4-c4ccccc43)CC2)n1. The van der Waals surface area contributed by atoms with Crippen LogP contribution in [0.3, 0.4) is 0 Å². The van der Waals surface area contributed by atoms with Crippen LogP contribution in [0, 0.1) is 0 Å². The molecule has 2 N–H and O–H groups in total. The smallest absolute Gasteiger partial charge is 0.407 e. The summed E-state index contributed by atoms with van der Waals surface area (Å²) in [6, 6.07) is 19.1. The Balaban J connectivity index is 1.11. The van der Waals surface area contributed by atoms with Gasteiger partial charge in [0, 0.05) is 38.3 Å². The maximum absolute atomic E-state index is 12.6. The third-order valence-electron chi connectivity index (χ3n) is 6.83. The van der Waals surface area contributed by atoms with Crippen LogP contribution in [-0.2, 0) is 4.74 Å². The summed E-state index contributed by atoms with van der Waals surface area (Å²) < 4.78 is 5.71. The summed E-state index contributed by atoms with van der Waals surface area (Å²) in [5, 5.41) is 6.51. The predicted octanol–water partition coefficient (Wildman–Crippen LogP) is 4.80. The minimum Gasteiger partial charge on any atom is -0.449 e. The quantitative estimate of drug-likeness (QED) is 0.553. The van der Waals surface area contributed by atoms with Crippen LogP contribution in [0.5, 0.6) is 0 Å². The highest BCUT2D eigenvalue weighted by Crippen LogP contribution is 2.44. The maximum atomic E-state index is 12.6. The summed E-state index contributed by atoms with van der Waals surface area (Å²) in [5.74, 6) is 1.61. The van der Waals surface area contributed by atoms with Crippen molar-refractivity contribution in [3.63, 3.8) is 0 Å². The Labute approximate surface area is 200 Å². The number of hydrogen-bond acceptors (Lipinski definition) is 6. The number of aromatic nitrogens is 2. The summed E-state index contributed by atoms with van der Waals surface area (Å²) in [7, 11) is 3.93. The first-order valence-corrected chi connectivity index (χ1v) is 12.0. The van der Waals surface area contributed by atoms with Crippen molar-refractivity contribution in [2.24, 2.45) is 0 Å². The molecule has 1 aromatic heterocycles. The van der Waals surface area contributed by atoms with E-state index in [-0.39, 0.29) is 18.1 Å². The molecule has 0 atom stereocenters. The summed E-state index contributed by atoms with van der Waals surface area (Å²) in [6.45, 7) is 0.344. The molecule has 34 heavy (non-hydrogen) atoms. The molecule has 0 bridgehead atoms. The van der Waals surface area contributed by atoms with Gasteiger partial charge in [0.25, 0.3) is 0 Å². The summed E-state index contributed by atoms with van der Waals surface area (Å²) in [6.07, 6.45) is 5.13. The Morgan fingerprint density at radius 1 is 0.941 bits per heavy atom. The van der Waals surface area contributed by atoms with Gasteiger partial charge in [-0.2, -0.15) is 4.98 Å². The second-order valence-electron chi connectivity index (χ2n) is 9.30. The van der Waals surface area contributed by atoms with E-state index in [1.807, 2.05) is 37.2 Å². The molecule has 2 aliphatic carbocycles. The Bertz CT molecular complexity index is 1110. The van der Waals surface area contributed by atoms with Gasteiger partial charge in [-0.25, -0.2) is 9.78 Å². The predicted molar refractivity (Wildman–Crippen MR) is 134 cm³/mol. The molecule has 1 saturated carbocycles. The van der Waals surface area contributed by atoms with Gasteiger partial charge in [0.2, 0.25) is 5.95 Å². The van der Waals surface area contributed by atoms with Crippen LogP contribution in [0.1, 0.15) is 42.7 Å². The largest absolute Gasteiger partial charge is 0.449 e. The zero-order valence-corrected chi connectivity index (χ0v) is 19.7. The lowest BCUT2D eigenvalue weighted by atomic mass is 9.91. The summed E-state index contributed by atoms with van der Waals surface area (Å²) in [5.41, 5.74) is 4.92. The second-order valence-corrected chi connectivity index (χ2v) is 9.30. The van der Waals surface area contributed by atoms with E-state index < -0.39 is 0 Å². The second kappa shape index (κ2) is 9.71. The van der Waals surface area contributed by atoms with Crippen LogP contribution in [0.15, 0.2) is 60.8 Å². The van der Waals surface area contributed by atoms with Crippen LogP contribution in [0.2, 0.25) is 0 Å². The van der Waals surface area contributed by atoms with E-state index in [0.29, 0.717) is 18.6 Å². The molecule has 1 heterocycles. The van der Waals surface area contributed by atoms with Gasteiger partial charge >= 0.3 is 6.09 Å². The van der Waals surface area contributed by atoms with Gasteiger partial charge in [0.05, 0.1) is 0 Å². The first-order valence-electron chi connectivity index (χ1n) is 12.0. The lowest BCUT2D eigenvalue weighted by Crippen LogP contribution is -2.40. The highest BCUT2D eigenvalue weighted by atomic mass is 16.5. The third kappa shape index (κ3) is 4.69. The number of alkyl carbamates (subject to hydrolysis) is 1. The van der Waals surface area contributed by atoms with E-state index in [0.717, 1.165) is 31.5 Å². The van der Waals surface area contributed by atoms with Gasteiger partial charge in [-0.15, -0.1) is 0 Å². The molecule has 5 rings (SSSR count). The molecule has 2 aliphatic rings.